The van der Waals surface area contributed by atoms with Gasteiger partial charge in [-0.3, -0.25) is 0 Å². The molecule has 1 aliphatic rings. The highest BCUT2D eigenvalue weighted by atomic mass is 16.5. The van der Waals surface area contributed by atoms with Gasteiger partial charge in [-0.25, -0.2) is 4.98 Å². The molecule has 90 valence electrons. The SMILES string of the molecule is Cc1ccc(C#N)c(N2CC(C)OC(C)C2)n1. The van der Waals surface area contributed by atoms with Crippen LogP contribution < -0.4 is 4.90 Å². The Balaban J connectivity index is 2.33. The van der Waals surface area contributed by atoms with Gasteiger partial charge in [-0.1, -0.05) is 0 Å². The Morgan fingerprint density at radius 1 is 1.35 bits per heavy atom. The molecule has 4 nitrogen and oxygen atoms in total. The van der Waals surface area contributed by atoms with E-state index in [0.29, 0.717) is 5.56 Å². The van der Waals surface area contributed by atoms with Crippen molar-refractivity contribution in [3.8, 4) is 6.07 Å². The van der Waals surface area contributed by atoms with Gasteiger partial charge in [0.2, 0.25) is 0 Å². The van der Waals surface area contributed by atoms with Gasteiger partial charge in [0.15, 0.2) is 0 Å². The fourth-order valence-corrected chi connectivity index (χ4v) is 2.22. The molecule has 0 amide bonds. The third-order valence-electron chi connectivity index (χ3n) is 2.85. The molecular formula is C13H17N3O. The van der Waals surface area contributed by atoms with E-state index in [0.717, 1.165) is 24.6 Å². The Morgan fingerprint density at radius 3 is 2.59 bits per heavy atom. The zero-order valence-corrected chi connectivity index (χ0v) is 10.5. The molecule has 1 aromatic rings. The Hall–Kier alpha value is -1.60. The van der Waals surface area contributed by atoms with Crippen LogP contribution in [0, 0.1) is 18.3 Å². The fourth-order valence-electron chi connectivity index (χ4n) is 2.22. The van der Waals surface area contributed by atoms with E-state index in [1.54, 1.807) is 0 Å². The summed E-state index contributed by atoms with van der Waals surface area (Å²) in [6, 6.07) is 5.91. The Kier molecular flexibility index (Phi) is 3.30. The second-order valence-electron chi connectivity index (χ2n) is 4.60. The van der Waals surface area contributed by atoms with Crippen molar-refractivity contribution in [2.75, 3.05) is 18.0 Å². The zero-order chi connectivity index (χ0) is 12.4. The van der Waals surface area contributed by atoms with Crippen LogP contribution in [0.3, 0.4) is 0 Å². The summed E-state index contributed by atoms with van der Waals surface area (Å²) in [5.41, 5.74) is 1.57. The first-order valence-corrected chi connectivity index (χ1v) is 5.88. The van der Waals surface area contributed by atoms with E-state index in [1.165, 1.54) is 0 Å². The van der Waals surface area contributed by atoms with Gasteiger partial charge in [-0.2, -0.15) is 5.26 Å². The topological polar surface area (TPSA) is 49.2 Å². The third-order valence-corrected chi connectivity index (χ3v) is 2.85. The van der Waals surface area contributed by atoms with Gasteiger partial charge >= 0.3 is 0 Å². The molecule has 2 heterocycles. The number of ether oxygens (including phenoxy) is 1. The summed E-state index contributed by atoms with van der Waals surface area (Å²) in [5, 5.41) is 9.12. The first-order valence-electron chi connectivity index (χ1n) is 5.88. The first-order chi connectivity index (χ1) is 8.10. The number of hydrogen-bond donors (Lipinski definition) is 0. The molecule has 17 heavy (non-hydrogen) atoms. The summed E-state index contributed by atoms with van der Waals surface area (Å²) in [6.07, 6.45) is 0.347. The van der Waals surface area contributed by atoms with E-state index < -0.39 is 0 Å². The molecule has 1 fully saturated rings. The lowest BCUT2D eigenvalue weighted by Crippen LogP contribution is -2.46. The van der Waals surface area contributed by atoms with Gasteiger partial charge in [-0.05, 0) is 32.9 Å². The summed E-state index contributed by atoms with van der Waals surface area (Å²) in [6.45, 7) is 7.61. The number of aromatic nitrogens is 1. The van der Waals surface area contributed by atoms with Crippen LogP contribution in [-0.4, -0.2) is 30.3 Å². The second kappa shape index (κ2) is 4.72. The van der Waals surface area contributed by atoms with Crippen LogP contribution in [0.15, 0.2) is 12.1 Å². The number of pyridine rings is 1. The minimum absolute atomic E-state index is 0.174. The molecule has 4 heteroatoms. The van der Waals surface area contributed by atoms with Gasteiger partial charge in [0.05, 0.1) is 17.8 Å². The monoisotopic (exact) mass is 231 g/mol. The largest absolute Gasteiger partial charge is 0.372 e. The average molecular weight is 231 g/mol. The quantitative estimate of drug-likeness (QED) is 0.740. The summed E-state index contributed by atoms with van der Waals surface area (Å²) in [7, 11) is 0. The lowest BCUT2D eigenvalue weighted by molar-refractivity contribution is -0.00548. The van der Waals surface area contributed by atoms with Crippen molar-refractivity contribution in [2.24, 2.45) is 0 Å². The molecule has 2 unspecified atom stereocenters. The Bertz CT molecular complexity index is 442. The average Bonchev–Trinajstić information content (AvgIpc) is 2.27. The highest BCUT2D eigenvalue weighted by molar-refractivity contribution is 5.54. The minimum Gasteiger partial charge on any atom is -0.372 e. The molecule has 1 aromatic heterocycles. The molecule has 0 bridgehead atoms. The molecule has 0 spiro atoms. The molecule has 0 aromatic carbocycles. The van der Waals surface area contributed by atoms with Crippen LogP contribution >= 0.6 is 0 Å². The van der Waals surface area contributed by atoms with Crippen molar-refractivity contribution in [1.82, 2.24) is 4.98 Å². The summed E-state index contributed by atoms with van der Waals surface area (Å²) < 4.78 is 5.69. The molecule has 0 saturated carbocycles. The molecule has 0 aliphatic carbocycles. The third kappa shape index (κ3) is 2.56. The van der Waals surface area contributed by atoms with Crippen molar-refractivity contribution in [3.05, 3.63) is 23.4 Å². The van der Waals surface area contributed by atoms with E-state index in [9.17, 15) is 0 Å². The normalized spacial score (nSPS) is 24.5. The molecular weight excluding hydrogens is 214 g/mol. The van der Waals surface area contributed by atoms with Gasteiger partial charge in [0.25, 0.3) is 0 Å². The van der Waals surface area contributed by atoms with Crippen LogP contribution in [0.1, 0.15) is 25.1 Å². The number of anilines is 1. The minimum atomic E-state index is 0.174. The predicted octanol–water partition coefficient (Wildman–Crippen LogP) is 1.88. The van der Waals surface area contributed by atoms with Crippen LogP contribution in [0.4, 0.5) is 5.82 Å². The number of morpholine rings is 1. The molecule has 0 radical (unpaired) electrons. The molecule has 2 rings (SSSR count). The van der Waals surface area contributed by atoms with Crippen molar-refractivity contribution < 1.29 is 4.74 Å². The van der Waals surface area contributed by atoms with Crippen LogP contribution in [0.2, 0.25) is 0 Å². The van der Waals surface area contributed by atoms with Crippen LogP contribution in [0.5, 0.6) is 0 Å². The predicted molar refractivity (Wildman–Crippen MR) is 65.9 cm³/mol. The van der Waals surface area contributed by atoms with Crippen LogP contribution in [-0.2, 0) is 4.74 Å². The van der Waals surface area contributed by atoms with Crippen LogP contribution in [0.25, 0.3) is 0 Å². The van der Waals surface area contributed by atoms with Crippen molar-refractivity contribution in [2.45, 2.75) is 33.0 Å². The highest BCUT2D eigenvalue weighted by Gasteiger charge is 2.24. The van der Waals surface area contributed by atoms with Gasteiger partial charge in [0.1, 0.15) is 11.9 Å². The summed E-state index contributed by atoms with van der Waals surface area (Å²) in [4.78, 5) is 6.63. The van der Waals surface area contributed by atoms with Crippen molar-refractivity contribution in [3.63, 3.8) is 0 Å². The molecule has 1 saturated heterocycles. The molecule has 0 N–H and O–H groups in total. The smallest absolute Gasteiger partial charge is 0.146 e. The number of nitrogens with zero attached hydrogens (tertiary/aromatic N) is 3. The number of nitriles is 1. The zero-order valence-electron chi connectivity index (χ0n) is 10.5. The van der Waals surface area contributed by atoms with E-state index in [4.69, 9.17) is 10.00 Å². The number of rotatable bonds is 1. The second-order valence-corrected chi connectivity index (χ2v) is 4.60. The highest BCUT2D eigenvalue weighted by Crippen LogP contribution is 2.22. The molecule has 1 aliphatic heterocycles. The van der Waals surface area contributed by atoms with Crippen molar-refractivity contribution in [1.29, 1.82) is 5.26 Å². The Morgan fingerprint density at radius 2 is 2.00 bits per heavy atom. The molecule has 2 atom stereocenters. The van der Waals surface area contributed by atoms with Crippen molar-refractivity contribution >= 4 is 5.82 Å². The van der Waals surface area contributed by atoms with Gasteiger partial charge in [-0.15, -0.1) is 0 Å². The van der Waals surface area contributed by atoms with Gasteiger partial charge in [0, 0.05) is 18.8 Å². The number of hydrogen-bond acceptors (Lipinski definition) is 4. The maximum absolute atomic E-state index is 9.12. The van der Waals surface area contributed by atoms with E-state index in [-0.39, 0.29) is 12.2 Å². The maximum atomic E-state index is 9.12. The first kappa shape index (κ1) is 11.9. The Labute approximate surface area is 102 Å². The standard InChI is InChI=1S/C13H17N3O/c1-9-4-5-12(6-14)13(15-9)16-7-10(2)17-11(3)8-16/h4-5,10-11H,7-8H2,1-3H3. The summed E-state index contributed by atoms with van der Waals surface area (Å²) in [5.74, 6) is 0.787. The maximum Gasteiger partial charge on any atom is 0.146 e. The number of aryl methyl sites for hydroxylation is 1. The lowest BCUT2D eigenvalue weighted by Gasteiger charge is -2.36. The van der Waals surface area contributed by atoms with Gasteiger partial charge < -0.3 is 9.64 Å². The van der Waals surface area contributed by atoms with E-state index in [1.807, 2.05) is 32.9 Å². The van der Waals surface area contributed by atoms with E-state index in [2.05, 4.69) is 16.0 Å². The lowest BCUT2D eigenvalue weighted by atomic mass is 10.2. The summed E-state index contributed by atoms with van der Waals surface area (Å²) >= 11 is 0. The van der Waals surface area contributed by atoms with E-state index >= 15 is 0 Å². The fraction of sp³-hybridized carbons (Fsp3) is 0.538.